The number of carbonyl (C=O) groups excluding carboxylic acids is 2. The van der Waals surface area contributed by atoms with Crippen LogP contribution in [-0.2, 0) is 14.4 Å². The molecule has 0 aromatic rings. The number of nitriles is 1. The first-order chi connectivity index (χ1) is 10.8. The van der Waals surface area contributed by atoms with Crippen LogP contribution in [0.4, 0.5) is 0 Å². The standard InChI is InChI=1S/C15H22N4O4/c1-9(2)12(15(22)23)18-14(21)11(7-16)8-19-5-3-10(4-6-19)13(17)20/h8-10,12H,3-6H2,1-2H3,(H2,17,20)(H,18,21)(H,22,23)/b11-8-. The van der Waals surface area contributed by atoms with Crippen LogP contribution < -0.4 is 11.1 Å². The minimum Gasteiger partial charge on any atom is -0.480 e. The van der Waals surface area contributed by atoms with Crippen molar-refractivity contribution in [1.82, 2.24) is 10.2 Å². The van der Waals surface area contributed by atoms with Gasteiger partial charge in [-0.3, -0.25) is 9.59 Å². The summed E-state index contributed by atoms with van der Waals surface area (Å²) < 4.78 is 0. The highest BCUT2D eigenvalue weighted by Crippen LogP contribution is 2.17. The average Bonchev–Trinajstić information content (AvgIpc) is 2.49. The smallest absolute Gasteiger partial charge is 0.326 e. The minimum absolute atomic E-state index is 0.158. The number of piperidine rings is 1. The third kappa shape index (κ3) is 5.29. The lowest BCUT2D eigenvalue weighted by Gasteiger charge is -2.29. The summed E-state index contributed by atoms with van der Waals surface area (Å²) in [6.45, 7) is 4.37. The number of rotatable bonds is 6. The number of nitrogens with one attached hydrogen (secondary N) is 1. The molecule has 0 aromatic carbocycles. The SMILES string of the molecule is CC(C)C(NC(=O)/C(C#N)=C\N1CCC(C(N)=O)CC1)C(=O)O. The summed E-state index contributed by atoms with van der Waals surface area (Å²) in [4.78, 5) is 36.1. The molecule has 2 amide bonds. The second-order valence-corrected chi connectivity index (χ2v) is 5.90. The Kier molecular flexibility index (Phi) is 6.57. The highest BCUT2D eigenvalue weighted by molar-refractivity contribution is 5.99. The van der Waals surface area contributed by atoms with Crippen molar-refractivity contribution < 1.29 is 19.5 Å². The molecule has 1 fully saturated rings. The zero-order valence-electron chi connectivity index (χ0n) is 13.3. The highest BCUT2D eigenvalue weighted by Gasteiger charge is 2.26. The summed E-state index contributed by atoms with van der Waals surface area (Å²) in [5.74, 6) is -2.69. The van der Waals surface area contributed by atoms with Crippen LogP contribution in [0.5, 0.6) is 0 Å². The molecule has 1 atom stereocenters. The number of primary amides is 1. The Morgan fingerprint density at radius 1 is 1.35 bits per heavy atom. The van der Waals surface area contributed by atoms with Gasteiger partial charge in [0.2, 0.25) is 5.91 Å². The van der Waals surface area contributed by atoms with Gasteiger partial charge in [0.25, 0.3) is 5.91 Å². The van der Waals surface area contributed by atoms with Crippen molar-refractivity contribution in [3.05, 3.63) is 11.8 Å². The maximum atomic E-state index is 12.1. The number of aliphatic carboxylic acids is 1. The summed E-state index contributed by atoms with van der Waals surface area (Å²) in [5, 5.41) is 20.6. The van der Waals surface area contributed by atoms with Crippen LogP contribution in [0.2, 0.25) is 0 Å². The van der Waals surface area contributed by atoms with Gasteiger partial charge in [0.05, 0.1) is 0 Å². The van der Waals surface area contributed by atoms with Crippen molar-refractivity contribution in [1.29, 1.82) is 5.26 Å². The van der Waals surface area contributed by atoms with Gasteiger partial charge in [-0.15, -0.1) is 0 Å². The molecule has 4 N–H and O–H groups in total. The molecule has 0 spiro atoms. The molecule has 0 radical (unpaired) electrons. The van der Waals surface area contributed by atoms with Crippen molar-refractivity contribution in [2.75, 3.05) is 13.1 Å². The monoisotopic (exact) mass is 322 g/mol. The molecule has 1 aliphatic rings. The fraction of sp³-hybridized carbons (Fsp3) is 0.600. The van der Waals surface area contributed by atoms with E-state index in [1.165, 1.54) is 6.20 Å². The topological polar surface area (TPSA) is 137 Å². The first-order valence-corrected chi connectivity index (χ1v) is 7.45. The van der Waals surface area contributed by atoms with Crippen molar-refractivity contribution >= 4 is 17.8 Å². The molecule has 1 heterocycles. The third-order valence-electron chi connectivity index (χ3n) is 3.83. The molecule has 1 saturated heterocycles. The summed E-state index contributed by atoms with van der Waals surface area (Å²) in [6.07, 6.45) is 2.54. The normalized spacial score (nSPS) is 17.5. The van der Waals surface area contributed by atoms with E-state index in [0.717, 1.165) is 0 Å². The van der Waals surface area contributed by atoms with Crippen LogP contribution in [0.25, 0.3) is 0 Å². The Balaban J connectivity index is 2.72. The Labute approximate surface area is 134 Å². The molecule has 126 valence electrons. The molecule has 8 nitrogen and oxygen atoms in total. The molecule has 0 saturated carbocycles. The number of carboxylic acid groups (broad SMARTS) is 1. The third-order valence-corrected chi connectivity index (χ3v) is 3.83. The number of nitrogens with zero attached hydrogens (tertiary/aromatic N) is 2. The lowest BCUT2D eigenvalue weighted by molar-refractivity contribution is -0.142. The van der Waals surface area contributed by atoms with Gasteiger partial charge in [-0.1, -0.05) is 13.8 Å². The van der Waals surface area contributed by atoms with E-state index in [9.17, 15) is 14.4 Å². The quantitative estimate of drug-likeness (QED) is 0.458. The summed E-state index contributed by atoms with van der Waals surface area (Å²) in [6, 6.07) is 0.733. The van der Waals surface area contributed by atoms with E-state index in [0.29, 0.717) is 25.9 Å². The predicted octanol–water partition coefficient (Wildman–Crippen LogP) is -0.183. The van der Waals surface area contributed by atoms with Crippen molar-refractivity contribution in [3.63, 3.8) is 0 Å². The van der Waals surface area contributed by atoms with Gasteiger partial charge in [0.15, 0.2) is 0 Å². The zero-order chi connectivity index (χ0) is 17.6. The fourth-order valence-corrected chi connectivity index (χ4v) is 2.37. The maximum absolute atomic E-state index is 12.1. The molecule has 1 rings (SSSR count). The van der Waals surface area contributed by atoms with Crippen LogP contribution in [0.3, 0.4) is 0 Å². The lowest BCUT2D eigenvalue weighted by Crippen LogP contribution is -2.45. The summed E-state index contributed by atoms with van der Waals surface area (Å²) in [7, 11) is 0. The van der Waals surface area contributed by atoms with E-state index < -0.39 is 17.9 Å². The van der Waals surface area contributed by atoms with Crippen molar-refractivity contribution in [2.24, 2.45) is 17.6 Å². The molecule has 0 aromatic heterocycles. The molecule has 1 unspecified atom stereocenters. The van der Waals surface area contributed by atoms with Crippen LogP contribution in [-0.4, -0.2) is 46.9 Å². The maximum Gasteiger partial charge on any atom is 0.326 e. The predicted molar refractivity (Wildman–Crippen MR) is 81.6 cm³/mol. The Bertz CT molecular complexity index is 542. The summed E-state index contributed by atoms with van der Waals surface area (Å²) in [5.41, 5.74) is 5.10. The highest BCUT2D eigenvalue weighted by atomic mass is 16.4. The van der Waals surface area contributed by atoms with Gasteiger partial charge in [0, 0.05) is 25.2 Å². The number of hydrogen-bond donors (Lipinski definition) is 3. The van der Waals surface area contributed by atoms with E-state index in [1.54, 1.807) is 24.8 Å². The molecular weight excluding hydrogens is 300 g/mol. The van der Waals surface area contributed by atoms with Crippen LogP contribution >= 0.6 is 0 Å². The number of carboxylic acids is 1. The van der Waals surface area contributed by atoms with Crippen molar-refractivity contribution in [2.45, 2.75) is 32.7 Å². The minimum atomic E-state index is -1.15. The first kappa shape index (κ1) is 18.5. The Hall–Kier alpha value is -2.56. The number of carbonyl (C=O) groups is 3. The van der Waals surface area contributed by atoms with Crippen LogP contribution in [0, 0.1) is 23.2 Å². The number of amides is 2. The van der Waals surface area contributed by atoms with Crippen LogP contribution in [0.1, 0.15) is 26.7 Å². The van der Waals surface area contributed by atoms with Gasteiger partial charge in [-0.25, -0.2) is 4.79 Å². The molecule has 0 bridgehead atoms. The molecular formula is C15H22N4O4. The largest absolute Gasteiger partial charge is 0.480 e. The Morgan fingerprint density at radius 2 is 1.91 bits per heavy atom. The second-order valence-electron chi connectivity index (χ2n) is 5.90. The Morgan fingerprint density at radius 3 is 2.30 bits per heavy atom. The molecule has 23 heavy (non-hydrogen) atoms. The number of hydrogen-bond acceptors (Lipinski definition) is 5. The molecule has 0 aliphatic carbocycles. The number of nitrogens with two attached hydrogens (primary N) is 1. The van der Waals surface area contributed by atoms with E-state index in [2.05, 4.69) is 5.32 Å². The second kappa shape index (κ2) is 8.17. The van der Waals surface area contributed by atoms with E-state index in [-0.39, 0.29) is 23.3 Å². The van der Waals surface area contributed by atoms with E-state index in [4.69, 9.17) is 16.1 Å². The number of likely N-dealkylation sites (tertiary alicyclic amines) is 1. The average molecular weight is 322 g/mol. The van der Waals surface area contributed by atoms with Gasteiger partial charge in [-0.2, -0.15) is 5.26 Å². The summed E-state index contributed by atoms with van der Waals surface area (Å²) >= 11 is 0. The van der Waals surface area contributed by atoms with E-state index in [1.807, 2.05) is 0 Å². The van der Waals surface area contributed by atoms with Gasteiger partial charge >= 0.3 is 5.97 Å². The van der Waals surface area contributed by atoms with Gasteiger partial charge in [-0.05, 0) is 18.8 Å². The fourth-order valence-electron chi connectivity index (χ4n) is 2.37. The molecule has 8 heteroatoms. The van der Waals surface area contributed by atoms with Gasteiger partial charge < -0.3 is 21.1 Å². The molecule has 1 aliphatic heterocycles. The zero-order valence-corrected chi connectivity index (χ0v) is 13.3. The van der Waals surface area contributed by atoms with Crippen LogP contribution in [0.15, 0.2) is 11.8 Å². The van der Waals surface area contributed by atoms with Gasteiger partial charge in [0.1, 0.15) is 17.7 Å². The lowest BCUT2D eigenvalue weighted by atomic mass is 9.96. The first-order valence-electron chi connectivity index (χ1n) is 7.45. The van der Waals surface area contributed by atoms with Crippen molar-refractivity contribution in [3.8, 4) is 6.07 Å². The van der Waals surface area contributed by atoms with E-state index >= 15 is 0 Å².